The van der Waals surface area contributed by atoms with Crippen molar-refractivity contribution in [3.63, 3.8) is 0 Å². The number of primary amides is 1. The van der Waals surface area contributed by atoms with Gasteiger partial charge in [0, 0.05) is 25.2 Å². The molecule has 1 unspecified atom stereocenters. The van der Waals surface area contributed by atoms with E-state index in [1.807, 2.05) is 11.8 Å². The minimum atomic E-state index is -0.828. The summed E-state index contributed by atoms with van der Waals surface area (Å²) in [6.45, 7) is 3.85. The maximum Gasteiger partial charge on any atom is 0.231 e. The largest absolute Gasteiger partial charge is 0.369 e. The SMILES string of the molecule is CC(NC1CCN(CC(N)=O)CC1)c1ccc(F)c(F)c1. The second-order valence-electron chi connectivity index (χ2n) is 5.58. The standard InChI is InChI=1S/C15H21F2N3O/c1-10(11-2-3-13(16)14(17)8-11)19-12-4-6-20(7-5-12)9-15(18)21/h2-3,8,10,12,19H,4-7,9H2,1H3,(H2,18,21). The Balaban J connectivity index is 1.85. The molecule has 1 fully saturated rings. The summed E-state index contributed by atoms with van der Waals surface area (Å²) >= 11 is 0. The average molecular weight is 297 g/mol. The zero-order valence-corrected chi connectivity index (χ0v) is 12.1. The smallest absolute Gasteiger partial charge is 0.231 e. The highest BCUT2D eigenvalue weighted by Crippen LogP contribution is 2.19. The Bertz CT molecular complexity index is 502. The van der Waals surface area contributed by atoms with Crippen LogP contribution in [0.4, 0.5) is 8.78 Å². The summed E-state index contributed by atoms with van der Waals surface area (Å²) in [7, 11) is 0. The first-order valence-corrected chi connectivity index (χ1v) is 7.17. The first kappa shape index (κ1) is 15.9. The van der Waals surface area contributed by atoms with Crippen molar-refractivity contribution in [1.29, 1.82) is 0 Å². The molecule has 1 atom stereocenters. The first-order valence-electron chi connectivity index (χ1n) is 7.17. The van der Waals surface area contributed by atoms with E-state index in [2.05, 4.69) is 5.32 Å². The molecular formula is C15H21F2N3O. The van der Waals surface area contributed by atoms with Gasteiger partial charge in [0.15, 0.2) is 11.6 Å². The molecule has 0 spiro atoms. The van der Waals surface area contributed by atoms with Crippen molar-refractivity contribution in [2.24, 2.45) is 5.73 Å². The minimum absolute atomic E-state index is 0.0483. The number of amides is 1. The fourth-order valence-corrected chi connectivity index (χ4v) is 2.71. The van der Waals surface area contributed by atoms with Gasteiger partial charge in [-0.1, -0.05) is 6.07 Å². The number of nitrogens with zero attached hydrogens (tertiary/aromatic N) is 1. The van der Waals surface area contributed by atoms with E-state index < -0.39 is 11.6 Å². The lowest BCUT2D eigenvalue weighted by Gasteiger charge is -2.33. The zero-order chi connectivity index (χ0) is 15.4. The molecule has 1 amide bonds. The third kappa shape index (κ3) is 4.47. The molecule has 2 rings (SSSR count). The predicted octanol–water partition coefficient (Wildman–Crippen LogP) is 1.57. The zero-order valence-electron chi connectivity index (χ0n) is 12.1. The van der Waals surface area contributed by atoms with Crippen LogP contribution in [0.5, 0.6) is 0 Å². The highest BCUT2D eigenvalue weighted by Gasteiger charge is 2.21. The number of nitrogens with two attached hydrogens (primary N) is 1. The van der Waals surface area contributed by atoms with E-state index in [9.17, 15) is 13.6 Å². The van der Waals surface area contributed by atoms with E-state index in [1.165, 1.54) is 6.07 Å². The van der Waals surface area contributed by atoms with E-state index in [-0.39, 0.29) is 11.9 Å². The molecule has 1 aliphatic rings. The molecule has 1 aliphatic heterocycles. The van der Waals surface area contributed by atoms with Crippen LogP contribution in [-0.2, 0) is 4.79 Å². The van der Waals surface area contributed by atoms with Gasteiger partial charge in [0.2, 0.25) is 5.91 Å². The van der Waals surface area contributed by atoms with Gasteiger partial charge in [-0.3, -0.25) is 9.69 Å². The van der Waals surface area contributed by atoms with Crippen LogP contribution in [0, 0.1) is 11.6 Å². The second-order valence-corrected chi connectivity index (χ2v) is 5.58. The molecule has 0 radical (unpaired) electrons. The van der Waals surface area contributed by atoms with Gasteiger partial charge >= 0.3 is 0 Å². The molecule has 0 aliphatic carbocycles. The molecule has 116 valence electrons. The van der Waals surface area contributed by atoms with Crippen molar-refractivity contribution < 1.29 is 13.6 Å². The maximum absolute atomic E-state index is 13.2. The fourth-order valence-electron chi connectivity index (χ4n) is 2.71. The van der Waals surface area contributed by atoms with Crippen molar-refractivity contribution >= 4 is 5.91 Å². The van der Waals surface area contributed by atoms with Gasteiger partial charge in [-0.15, -0.1) is 0 Å². The number of halogens is 2. The van der Waals surface area contributed by atoms with Crippen LogP contribution in [0.25, 0.3) is 0 Å². The maximum atomic E-state index is 13.2. The highest BCUT2D eigenvalue weighted by atomic mass is 19.2. The molecule has 1 saturated heterocycles. The summed E-state index contributed by atoms with van der Waals surface area (Å²) in [5, 5.41) is 3.42. The topological polar surface area (TPSA) is 58.4 Å². The van der Waals surface area contributed by atoms with Crippen LogP contribution < -0.4 is 11.1 Å². The number of benzene rings is 1. The normalized spacial score (nSPS) is 18.6. The summed E-state index contributed by atoms with van der Waals surface area (Å²) in [5.41, 5.74) is 5.91. The molecule has 21 heavy (non-hydrogen) atoms. The number of hydrogen-bond donors (Lipinski definition) is 2. The van der Waals surface area contributed by atoms with Gasteiger partial charge in [0.05, 0.1) is 6.54 Å². The number of carbonyl (C=O) groups excluding carboxylic acids is 1. The van der Waals surface area contributed by atoms with Crippen LogP contribution in [0.1, 0.15) is 31.4 Å². The quantitative estimate of drug-likeness (QED) is 0.867. The number of piperidine rings is 1. The Morgan fingerprint density at radius 1 is 1.38 bits per heavy atom. The van der Waals surface area contributed by atoms with E-state index in [1.54, 1.807) is 6.07 Å². The molecule has 1 aromatic rings. The molecular weight excluding hydrogens is 276 g/mol. The number of rotatable bonds is 5. The van der Waals surface area contributed by atoms with Crippen LogP contribution in [0.15, 0.2) is 18.2 Å². The Morgan fingerprint density at radius 3 is 2.62 bits per heavy atom. The average Bonchev–Trinajstić information content (AvgIpc) is 2.43. The minimum Gasteiger partial charge on any atom is -0.369 e. The Labute approximate surface area is 123 Å². The molecule has 4 nitrogen and oxygen atoms in total. The van der Waals surface area contributed by atoms with Gasteiger partial charge in [0.25, 0.3) is 0 Å². The second kappa shape index (κ2) is 6.95. The number of nitrogens with one attached hydrogen (secondary N) is 1. The van der Waals surface area contributed by atoms with Crippen molar-refractivity contribution in [2.75, 3.05) is 19.6 Å². The third-order valence-corrected chi connectivity index (χ3v) is 3.90. The van der Waals surface area contributed by atoms with E-state index in [4.69, 9.17) is 5.73 Å². The molecule has 1 heterocycles. The summed E-state index contributed by atoms with van der Waals surface area (Å²) in [5.74, 6) is -1.96. The highest BCUT2D eigenvalue weighted by molar-refractivity contribution is 5.75. The number of likely N-dealkylation sites (tertiary alicyclic amines) is 1. The van der Waals surface area contributed by atoms with Gasteiger partial charge in [-0.2, -0.15) is 0 Å². The summed E-state index contributed by atoms with van der Waals surface area (Å²) in [4.78, 5) is 12.9. The van der Waals surface area contributed by atoms with Crippen molar-refractivity contribution in [3.05, 3.63) is 35.4 Å². The molecule has 3 N–H and O–H groups in total. The van der Waals surface area contributed by atoms with Crippen molar-refractivity contribution in [1.82, 2.24) is 10.2 Å². The van der Waals surface area contributed by atoms with Gasteiger partial charge in [-0.05, 0) is 37.5 Å². The number of carbonyl (C=O) groups is 1. The number of hydrogen-bond acceptors (Lipinski definition) is 3. The van der Waals surface area contributed by atoms with Gasteiger partial charge in [-0.25, -0.2) is 8.78 Å². The lowest BCUT2D eigenvalue weighted by Crippen LogP contribution is -2.45. The molecule has 0 bridgehead atoms. The van der Waals surface area contributed by atoms with Crippen LogP contribution in [0.2, 0.25) is 0 Å². The lowest BCUT2D eigenvalue weighted by molar-refractivity contribution is -0.119. The Hall–Kier alpha value is -1.53. The molecule has 0 saturated carbocycles. The summed E-state index contributed by atoms with van der Waals surface area (Å²) in [6.07, 6.45) is 1.81. The lowest BCUT2D eigenvalue weighted by atomic mass is 10.0. The van der Waals surface area contributed by atoms with Crippen LogP contribution in [-0.4, -0.2) is 36.5 Å². The van der Waals surface area contributed by atoms with Gasteiger partial charge < -0.3 is 11.1 Å². The monoisotopic (exact) mass is 297 g/mol. The Kier molecular flexibility index (Phi) is 5.25. The fraction of sp³-hybridized carbons (Fsp3) is 0.533. The molecule has 6 heteroatoms. The van der Waals surface area contributed by atoms with E-state index >= 15 is 0 Å². The van der Waals surface area contributed by atoms with Gasteiger partial charge in [0.1, 0.15) is 0 Å². The Morgan fingerprint density at radius 2 is 2.05 bits per heavy atom. The van der Waals surface area contributed by atoms with Crippen molar-refractivity contribution in [3.8, 4) is 0 Å². The summed E-state index contributed by atoms with van der Waals surface area (Å²) < 4.78 is 26.2. The van der Waals surface area contributed by atoms with E-state index in [0.29, 0.717) is 12.6 Å². The predicted molar refractivity (Wildman–Crippen MR) is 76.6 cm³/mol. The van der Waals surface area contributed by atoms with Crippen molar-refractivity contribution in [2.45, 2.75) is 31.8 Å². The summed E-state index contributed by atoms with van der Waals surface area (Å²) in [6, 6.07) is 4.23. The van der Waals surface area contributed by atoms with Crippen LogP contribution in [0.3, 0.4) is 0 Å². The molecule has 0 aromatic heterocycles. The third-order valence-electron chi connectivity index (χ3n) is 3.90. The van der Waals surface area contributed by atoms with E-state index in [0.717, 1.165) is 37.6 Å². The molecule has 1 aromatic carbocycles. The first-order chi connectivity index (χ1) is 9.95. The van der Waals surface area contributed by atoms with Crippen LogP contribution >= 0.6 is 0 Å².